The van der Waals surface area contributed by atoms with Gasteiger partial charge in [0.15, 0.2) is 0 Å². The van der Waals surface area contributed by atoms with Crippen molar-refractivity contribution in [3.05, 3.63) is 59.7 Å². The second kappa shape index (κ2) is 5.16. The summed E-state index contributed by atoms with van der Waals surface area (Å²) < 4.78 is 8.36. The number of nitrogens with two attached hydrogens (primary N) is 1. The van der Waals surface area contributed by atoms with Crippen molar-refractivity contribution >= 4 is 28.6 Å². The van der Waals surface area contributed by atoms with Crippen LogP contribution < -0.4 is 5.73 Å². The predicted molar refractivity (Wildman–Crippen MR) is 78.3 cm³/mol. The second-order valence-electron chi connectivity index (χ2n) is 4.15. The van der Waals surface area contributed by atoms with Crippen LogP contribution in [0.25, 0.3) is 11.0 Å². The average molecular weight is 268 g/mol. The summed E-state index contributed by atoms with van der Waals surface area (Å²) in [4.78, 5) is 4.41. The van der Waals surface area contributed by atoms with E-state index in [0.29, 0.717) is 12.4 Å². The van der Waals surface area contributed by atoms with E-state index >= 15 is 0 Å². The minimum atomic E-state index is 0.527. The van der Waals surface area contributed by atoms with Gasteiger partial charge in [-0.15, -0.1) is 0 Å². The molecule has 0 saturated carbocycles. The van der Waals surface area contributed by atoms with Gasteiger partial charge in [-0.2, -0.15) is 8.75 Å². The van der Waals surface area contributed by atoms with E-state index in [-0.39, 0.29) is 0 Å². The van der Waals surface area contributed by atoms with Crippen LogP contribution in [-0.2, 0) is 6.54 Å². The van der Waals surface area contributed by atoms with Crippen molar-refractivity contribution in [3.63, 3.8) is 0 Å². The maximum atomic E-state index is 6.01. The Morgan fingerprint density at radius 2 is 1.84 bits per heavy atom. The maximum absolute atomic E-state index is 6.01. The summed E-state index contributed by atoms with van der Waals surface area (Å²) in [7, 11) is 0. The summed E-state index contributed by atoms with van der Waals surface area (Å²) in [5.41, 5.74) is 9.79. The molecular formula is C14H12N4S. The van der Waals surface area contributed by atoms with Crippen LogP contribution in [0.1, 0.15) is 11.1 Å². The standard InChI is InChI=1S/C14H12N4S/c15-14(16-9-10-4-2-1-3-5-10)11-6-7-12-13(8-11)18-19-17-12/h1-8H,9H2,(H2,15,16). The maximum Gasteiger partial charge on any atom is 0.126 e. The lowest BCUT2D eigenvalue weighted by Gasteiger charge is -2.01. The fraction of sp³-hybridized carbons (Fsp3) is 0.0714. The lowest BCUT2D eigenvalue weighted by Crippen LogP contribution is -2.13. The van der Waals surface area contributed by atoms with Crippen LogP contribution in [0.2, 0.25) is 0 Å². The number of nitrogens with zero attached hydrogens (tertiary/aromatic N) is 3. The molecule has 4 nitrogen and oxygen atoms in total. The lowest BCUT2D eigenvalue weighted by molar-refractivity contribution is 1.06. The van der Waals surface area contributed by atoms with E-state index in [2.05, 4.69) is 13.7 Å². The van der Waals surface area contributed by atoms with Crippen LogP contribution in [0.4, 0.5) is 0 Å². The van der Waals surface area contributed by atoms with Crippen LogP contribution in [0.5, 0.6) is 0 Å². The Balaban J connectivity index is 1.84. The highest BCUT2D eigenvalue weighted by molar-refractivity contribution is 7.00. The third-order valence-corrected chi connectivity index (χ3v) is 3.38. The first-order valence-corrected chi connectivity index (χ1v) is 6.62. The molecule has 2 N–H and O–H groups in total. The van der Waals surface area contributed by atoms with E-state index in [4.69, 9.17) is 5.73 Å². The van der Waals surface area contributed by atoms with Crippen LogP contribution in [0, 0.1) is 0 Å². The Labute approximate surface area is 114 Å². The minimum Gasteiger partial charge on any atom is -0.383 e. The highest BCUT2D eigenvalue weighted by Crippen LogP contribution is 2.13. The first-order valence-electron chi connectivity index (χ1n) is 5.89. The molecule has 0 saturated heterocycles. The lowest BCUT2D eigenvalue weighted by atomic mass is 10.2. The number of benzene rings is 2. The highest BCUT2D eigenvalue weighted by Gasteiger charge is 2.03. The topological polar surface area (TPSA) is 64.2 Å². The molecule has 3 rings (SSSR count). The molecule has 2 aromatic carbocycles. The molecule has 0 fully saturated rings. The van der Waals surface area contributed by atoms with Crippen molar-refractivity contribution in [2.45, 2.75) is 6.54 Å². The molecule has 5 heteroatoms. The summed E-state index contributed by atoms with van der Waals surface area (Å²) in [5.74, 6) is 0.527. The average Bonchev–Trinajstić information content (AvgIpc) is 2.93. The van der Waals surface area contributed by atoms with Crippen molar-refractivity contribution in [3.8, 4) is 0 Å². The van der Waals surface area contributed by atoms with Crippen molar-refractivity contribution in [1.82, 2.24) is 8.75 Å². The first-order chi connectivity index (χ1) is 9.33. The van der Waals surface area contributed by atoms with Gasteiger partial charge in [0.2, 0.25) is 0 Å². The summed E-state index contributed by atoms with van der Waals surface area (Å²) in [6, 6.07) is 15.8. The third-order valence-electron chi connectivity index (χ3n) is 2.82. The van der Waals surface area contributed by atoms with Gasteiger partial charge in [-0.3, -0.25) is 4.99 Å². The number of fused-ring (bicyclic) bond motifs is 1. The zero-order valence-corrected chi connectivity index (χ0v) is 11.0. The van der Waals surface area contributed by atoms with Gasteiger partial charge < -0.3 is 5.73 Å². The molecule has 0 unspecified atom stereocenters. The van der Waals surface area contributed by atoms with Gasteiger partial charge in [0.1, 0.15) is 16.9 Å². The number of rotatable bonds is 3. The normalized spacial score (nSPS) is 11.9. The number of aromatic nitrogens is 2. The second-order valence-corrected chi connectivity index (χ2v) is 4.68. The molecule has 1 aromatic heterocycles. The van der Waals surface area contributed by atoms with E-state index in [1.807, 2.05) is 48.5 Å². The summed E-state index contributed by atoms with van der Waals surface area (Å²) in [6.45, 7) is 0.583. The van der Waals surface area contributed by atoms with Gasteiger partial charge >= 0.3 is 0 Å². The van der Waals surface area contributed by atoms with Crippen molar-refractivity contribution in [1.29, 1.82) is 0 Å². The predicted octanol–water partition coefficient (Wildman–Crippen LogP) is 2.60. The van der Waals surface area contributed by atoms with Crippen molar-refractivity contribution in [2.24, 2.45) is 10.7 Å². The summed E-state index contributed by atoms with van der Waals surface area (Å²) >= 11 is 1.20. The van der Waals surface area contributed by atoms with Gasteiger partial charge in [-0.1, -0.05) is 30.3 Å². The molecular weight excluding hydrogens is 256 g/mol. The number of amidine groups is 1. The van der Waals surface area contributed by atoms with E-state index in [9.17, 15) is 0 Å². The van der Waals surface area contributed by atoms with Gasteiger partial charge in [-0.25, -0.2) is 0 Å². The molecule has 0 atom stereocenters. The van der Waals surface area contributed by atoms with Crippen LogP contribution in [-0.4, -0.2) is 14.6 Å². The van der Waals surface area contributed by atoms with Crippen LogP contribution in [0.15, 0.2) is 53.5 Å². The zero-order valence-electron chi connectivity index (χ0n) is 10.2. The Morgan fingerprint density at radius 1 is 1.05 bits per heavy atom. The van der Waals surface area contributed by atoms with Gasteiger partial charge in [0, 0.05) is 5.56 Å². The molecule has 0 spiro atoms. The largest absolute Gasteiger partial charge is 0.383 e. The molecule has 0 radical (unpaired) electrons. The minimum absolute atomic E-state index is 0.527. The molecule has 0 amide bonds. The Bertz CT molecular complexity index is 718. The quantitative estimate of drug-likeness (QED) is 0.586. The third kappa shape index (κ3) is 2.61. The molecule has 1 heterocycles. The van der Waals surface area contributed by atoms with Crippen LogP contribution in [0.3, 0.4) is 0 Å². The molecule has 3 aromatic rings. The molecule has 0 aliphatic carbocycles. The van der Waals surface area contributed by atoms with Gasteiger partial charge in [0.05, 0.1) is 18.3 Å². The molecule has 0 aliphatic rings. The monoisotopic (exact) mass is 268 g/mol. The number of hydrogen-bond acceptors (Lipinski definition) is 4. The van der Waals surface area contributed by atoms with Gasteiger partial charge in [-0.05, 0) is 23.8 Å². The van der Waals surface area contributed by atoms with E-state index in [1.165, 1.54) is 11.7 Å². The van der Waals surface area contributed by atoms with Crippen molar-refractivity contribution in [2.75, 3.05) is 0 Å². The fourth-order valence-electron chi connectivity index (χ4n) is 1.79. The summed E-state index contributed by atoms with van der Waals surface area (Å²) in [5, 5.41) is 0. The highest BCUT2D eigenvalue weighted by atomic mass is 32.1. The Kier molecular flexibility index (Phi) is 3.20. The summed E-state index contributed by atoms with van der Waals surface area (Å²) in [6.07, 6.45) is 0. The molecule has 0 aliphatic heterocycles. The zero-order chi connectivity index (χ0) is 13.1. The molecule has 19 heavy (non-hydrogen) atoms. The van der Waals surface area contributed by atoms with Gasteiger partial charge in [0.25, 0.3) is 0 Å². The fourth-order valence-corrected chi connectivity index (χ4v) is 2.31. The first kappa shape index (κ1) is 11.8. The Hall–Kier alpha value is -2.27. The van der Waals surface area contributed by atoms with E-state index in [0.717, 1.165) is 22.2 Å². The Morgan fingerprint density at radius 3 is 2.68 bits per heavy atom. The van der Waals surface area contributed by atoms with Crippen molar-refractivity contribution < 1.29 is 0 Å². The molecule has 0 bridgehead atoms. The van der Waals surface area contributed by atoms with Crippen LogP contribution >= 0.6 is 11.7 Å². The van der Waals surface area contributed by atoms with E-state index < -0.39 is 0 Å². The number of hydrogen-bond donors (Lipinski definition) is 1. The smallest absolute Gasteiger partial charge is 0.126 e. The molecule has 94 valence electrons. The number of aliphatic imine (C=N–C) groups is 1. The SMILES string of the molecule is NC(=NCc1ccccc1)c1ccc2nsnc2c1. The van der Waals surface area contributed by atoms with E-state index in [1.54, 1.807) is 0 Å².